The first kappa shape index (κ1) is 12.1. The van der Waals surface area contributed by atoms with Gasteiger partial charge in [0.15, 0.2) is 5.82 Å². The monoisotopic (exact) mass is 257 g/mol. The summed E-state index contributed by atoms with van der Waals surface area (Å²) in [6, 6.07) is 6.38. The third kappa shape index (κ3) is 2.09. The number of anilines is 1. The van der Waals surface area contributed by atoms with Crippen molar-refractivity contribution in [3.8, 4) is 11.4 Å². The van der Waals surface area contributed by atoms with Crippen molar-refractivity contribution in [2.24, 2.45) is 5.92 Å². The van der Waals surface area contributed by atoms with E-state index in [0.29, 0.717) is 12.0 Å². The summed E-state index contributed by atoms with van der Waals surface area (Å²) in [5.74, 6) is 1.49. The van der Waals surface area contributed by atoms with Gasteiger partial charge in [-0.15, -0.1) is 5.10 Å². The minimum atomic E-state index is 0.419. The molecule has 2 aromatic rings. The Labute approximate surface area is 112 Å². The van der Waals surface area contributed by atoms with Gasteiger partial charge in [-0.05, 0) is 59.9 Å². The Morgan fingerprint density at radius 1 is 1.32 bits per heavy atom. The van der Waals surface area contributed by atoms with Crippen molar-refractivity contribution < 1.29 is 0 Å². The Hall–Kier alpha value is -1.91. The molecule has 0 radical (unpaired) electrons. The lowest BCUT2D eigenvalue weighted by atomic mass is 10.1. The fraction of sp³-hybridized carbons (Fsp3) is 0.500. The van der Waals surface area contributed by atoms with E-state index in [1.54, 1.807) is 0 Å². The van der Waals surface area contributed by atoms with E-state index in [2.05, 4.69) is 28.5 Å². The number of hydrogen-bond acceptors (Lipinski definition) is 4. The molecule has 0 saturated heterocycles. The van der Waals surface area contributed by atoms with E-state index in [0.717, 1.165) is 29.1 Å². The lowest BCUT2D eigenvalue weighted by molar-refractivity contribution is 0.370. The molecule has 1 aliphatic rings. The molecule has 0 aliphatic heterocycles. The van der Waals surface area contributed by atoms with Crippen LogP contribution in [-0.4, -0.2) is 20.2 Å². The van der Waals surface area contributed by atoms with Crippen molar-refractivity contribution in [3.63, 3.8) is 0 Å². The Balaban J connectivity index is 2.01. The third-order valence-electron chi connectivity index (χ3n) is 4.15. The van der Waals surface area contributed by atoms with E-state index in [1.807, 2.05) is 23.7 Å². The van der Waals surface area contributed by atoms with E-state index < -0.39 is 0 Å². The predicted octanol–water partition coefficient (Wildman–Crippen LogP) is 2.59. The predicted molar refractivity (Wildman–Crippen MR) is 74.5 cm³/mol. The summed E-state index contributed by atoms with van der Waals surface area (Å²) in [6.45, 7) is 4.28. The number of aryl methyl sites for hydroxylation is 1. The van der Waals surface area contributed by atoms with Crippen LogP contribution in [0.2, 0.25) is 0 Å². The quantitative estimate of drug-likeness (QED) is 0.839. The van der Waals surface area contributed by atoms with Crippen LogP contribution in [0.15, 0.2) is 18.2 Å². The van der Waals surface area contributed by atoms with E-state index in [9.17, 15) is 0 Å². The van der Waals surface area contributed by atoms with E-state index in [-0.39, 0.29) is 0 Å². The maximum Gasteiger partial charge on any atom is 0.182 e. The fourth-order valence-corrected chi connectivity index (χ4v) is 2.91. The molecule has 0 spiro atoms. The van der Waals surface area contributed by atoms with Gasteiger partial charge in [0.2, 0.25) is 0 Å². The molecular weight excluding hydrogens is 238 g/mol. The minimum absolute atomic E-state index is 0.419. The van der Waals surface area contributed by atoms with Crippen LogP contribution in [0.1, 0.15) is 37.8 Å². The number of nitrogens with zero attached hydrogens (tertiary/aromatic N) is 4. The lowest BCUT2D eigenvalue weighted by Gasteiger charge is -2.17. The molecule has 1 aromatic carbocycles. The number of rotatable bonds is 2. The highest BCUT2D eigenvalue weighted by atomic mass is 15.6. The number of aromatic nitrogens is 4. The molecule has 5 nitrogen and oxygen atoms in total. The number of nitrogens with two attached hydrogens (primary N) is 1. The molecule has 0 bridgehead atoms. The Bertz CT molecular complexity index is 589. The number of hydrogen-bond donors (Lipinski definition) is 1. The summed E-state index contributed by atoms with van der Waals surface area (Å²) >= 11 is 0. The average molecular weight is 257 g/mol. The molecule has 5 heteroatoms. The van der Waals surface area contributed by atoms with Gasteiger partial charge in [-0.25, -0.2) is 4.68 Å². The summed E-state index contributed by atoms with van der Waals surface area (Å²) in [5, 5.41) is 12.3. The zero-order chi connectivity index (χ0) is 13.4. The second kappa shape index (κ2) is 4.64. The summed E-state index contributed by atoms with van der Waals surface area (Å²) < 4.78 is 1.99. The van der Waals surface area contributed by atoms with Crippen LogP contribution in [0.25, 0.3) is 11.4 Å². The highest BCUT2D eigenvalue weighted by molar-refractivity contribution is 5.61. The Morgan fingerprint density at radius 2 is 2.16 bits per heavy atom. The maximum absolute atomic E-state index is 5.87. The van der Waals surface area contributed by atoms with Crippen molar-refractivity contribution in [1.29, 1.82) is 0 Å². The van der Waals surface area contributed by atoms with Crippen molar-refractivity contribution in [2.45, 2.75) is 39.2 Å². The molecule has 3 rings (SSSR count). The van der Waals surface area contributed by atoms with Gasteiger partial charge < -0.3 is 5.73 Å². The number of tetrazole rings is 1. The zero-order valence-corrected chi connectivity index (χ0v) is 11.4. The Kier molecular flexibility index (Phi) is 2.97. The second-order valence-corrected chi connectivity index (χ2v) is 5.49. The third-order valence-corrected chi connectivity index (χ3v) is 4.15. The normalized spacial score (nSPS) is 22.8. The summed E-state index contributed by atoms with van der Waals surface area (Å²) in [6.07, 6.45) is 3.67. The van der Waals surface area contributed by atoms with Crippen LogP contribution in [-0.2, 0) is 0 Å². The molecular formula is C14H19N5. The van der Waals surface area contributed by atoms with Gasteiger partial charge in [-0.3, -0.25) is 0 Å². The van der Waals surface area contributed by atoms with Crippen LogP contribution < -0.4 is 5.73 Å². The lowest BCUT2D eigenvalue weighted by Crippen LogP contribution is -2.14. The van der Waals surface area contributed by atoms with Crippen LogP contribution >= 0.6 is 0 Å². The minimum Gasteiger partial charge on any atom is -0.399 e. The van der Waals surface area contributed by atoms with Gasteiger partial charge in [0.25, 0.3) is 0 Å². The topological polar surface area (TPSA) is 69.6 Å². The van der Waals surface area contributed by atoms with Gasteiger partial charge in [0.1, 0.15) is 0 Å². The van der Waals surface area contributed by atoms with Gasteiger partial charge in [-0.2, -0.15) is 0 Å². The van der Waals surface area contributed by atoms with Gasteiger partial charge >= 0.3 is 0 Å². The van der Waals surface area contributed by atoms with Gasteiger partial charge in [0, 0.05) is 11.3 Å². The molecule has 100 valence electrons. The van der Waals surface area contributed by atoms with E-state index >= 15 is 0 Å². The first-order valence-electron chi connectivity index (χ1n) is 6.81. The highest BCUT2D eigenvalue weighted by Gasteiger charge is 2.28. The van der Waals surface area contributed by atoms with Crippen LogP contribution in [0.3, 0.4) is 0 Å². The van der Waals surface area contributed by atoms with E-state index in [1.165, 1.54) is 12.8 Å². The first-order chi connectivity index (χ1) is 9.16. The van der Waals surface area contributed by atoms with Crippen molar-refractivity contribution in [2.75, 3.05) is 5.73 Å². The largest absolute Gasteiger partial charge is 0.399 e. The van der Waals surface area contributed by atoms with Crippen molar-refractivity contribution in [1.82, 2.24) is 20.2 Å². The highest BCUT2D eigenvalue weighted by Crippen LogP contribution is 2.36. The summed E-state index contributed by atoms with van der Waals surface area (Å²) in [7, 11) is 0. The second-order valence-electron chi connectivity index (χ2n) is 5.49. The number of benzene rings is 1. The van der Waals surface area contributed by atoms with Crippen molar-refractivity contribution in [3.05, 3.63) is 23.8 Å². The molecule has 1 heterocycles. The molecule has 0 amide bonds. The molecule has 1 fully saturated rings. The van der Waals surface area contributed by atoms with Gasteiger partial charge in [-0.1, -0.05) is 13.3 Å². The first-order valence-corrected chi connectivity index (χ1v) is 6.81. The van der Waals surface area contributed by atoms with Gasteiger partial charge in [0.05, 0.1) is 6.04 Å². The maximum atomic E-state index is 5.87. The van der Waals surface area contributed by atoms with E-state index in [4.69, 9.17) is 5.73 Å². The molecule has 1 saturated carbocycles. The zero-order valence-electron chi connectivity index (χ0n) is 11.4. The molecule has 2 atom stereocenters. The molecule has 1 aromatic heterocycles. The smallest absolute Gasteiger partial charge is 0.182 e. The van der Waals surface area contributed by atoms with Crippen molar-refractivity contribution >= 4 is 5.69 Å². The fourth-order valence-electron chi connectivity index (χ4n) is 2.91. The molecule has 1 aliphatic carbocycles. The molecule has 2 unspecified atom stereocenters. The summed E-state index contributed by atoms with van der Waals surface area (Å²) in [4.78, 5) is 0. The average Bonchev–Trinajstić information content (AvgIpc) is 3.00. The standard InChI is InChI=1S/C14H19N5/c1-9-4-3-5-13(9)19-14(16-17-18-19)11-6-7-12(15)10(2)8-11/h6-9,13H,3-5,15H2,1-2H3. The van der Waals surface area contributed by atoms with Crippen LogP contribution in [0.5, 0.6) is 0 Å². The molecule has 19 heavy (non-hydrogen) atoms. The summed E-state index contributed by atoms with van der Waals surface area (Å²) in [5.41, 5.74) is 8.77. The SMILES string of the molecule is Cc1cc(-c2nnnn2C2CCCC2C)ccc1N. The number of nitrogen functional groups attached to an aromatic ring is 1. The Morgan fingerprint density at radius 3 is 2.84 bits per heavy atom. The molecule has 2 N–H and O–H groups in total. The van der Waals surface area contributed by atoms with Crippen LogP contribution in [0.4, 0.5) is 5.69 Å². The van der Waals surface area contributed by atoms with Crippen LogP contribution in [0, 0.1) is 12.8 Å².